The van der Waals surface area contributed by atoms with Crippen molar-refractivity contribution in [3.8, 4) is 5.75 Å². The van der Waals surface area contributed by atoms with Crippen molar-refractivity contribution in [2.75, 3.05) is 51.8 Å². The van der Waals surface area contributed by atoms with Gasteiger partial charge in [-0.05, 0) is 38.6 Å². The highest BCUT2D eigenvalue weighted by Crippen LogP contribution is 2.31. The van der Waals surface area contributed by atoms with Crippen molar-refractivity contribution in [3.63, 3.8) is 0 Å². The van der Waals surface area contributed by atoms with Crippen LogP contribution in [-0.4, -0.2) is 79.1 Å². The maximum atomic E-state index is 13.0. The van der Waals surface area contributed by atoms with Crippen LogP contribution in [0.3, 0.4) is 0 Å². The summed E-state index contributed by atoms with van der Waals surface area (Å²) in [5, 5.41) is 3.68. The average molecular weight is 402 g/mol. The number of hydrogen-bond acceptors (Lipinski definition) is 6. The van der Waals surface area contributed by atoms with E-state index in [1.165, 1.54) is 0 Å². The summed E-state index contributed by atoms with van der Waals surface area (Å²) in [6.07, 6.45) is 0. The van der Waals surface area contributed by atoms with Gasteiger partial charge in [0.15, 0.2) is 0 Å². The van der Waals surface area contributed by atoms with Gasteiger partial charge in [0.1, 0.15) is 11.4 Å². The number of fused-ring (bicyclic) bond motifs is 1. The lowest BCUT2D eigenvalue weighted by molar-refractivity contribution is -0.121. The molecule has 3 rings (SSSR count). The number of piperazine rings is 1. The first kappa shape index (κ1) is 21.1. The number of esters is 1. The van der Waals surface area contributed by atoms with E-state index in [1.54, 1.807) is 26.2 Å². The Morgan fingerprint density at radius 2 is 1.93 bits per heavy atom. The molecule has 1 atom stereocenters. The van der Waals surface area contributed by atoms with Crippen molar-refractivity contribution in [1.82, 2.24) is 14.8 Å². The van der Waals surface area contributed by atoms with Gasteiger partial charge in [-0.3, -0.25) is 9.69 Å². The first-order chi connectivity index (χ1) is 14.0. The molecule has 2 N–H and O–H groups in total. The van der Waals surface area contributed by atoms with Gasteiger partial charge in [0, 0.05) is 37.1 Å². The molecule has 29 heavy (non-hydrogen) atoms. The normalized spacial score (nSPS) is 16.6. The Bertz CT molecular complexity index is 871. The second-order valence-electron chi connectivity index (χ2n) is 7.14. The fraction of sp³-hybridized carbons (Fsp3) is 0.524. The van der Waals surface area contributed by atoms with E-state index in [9.17, 15) is 9.59 Å². The lowest BCUT2D eigenvalue weighted by Gasteiger charge is -2.36. The molecule has 0 saturated carbocycles. The Kier molecular flexibility index (Phi) is 6.76. The molecule has 0 unspecified atom stereocenters. The van der Waals surface area contributed by atoms with Gasteiger partial charge in [0.25, 0.3) is 0 Å². The van der Waals surface area contributed by atoms with Gasteiger partial charge in [0.05, 0.1) is 25.4 Å². The molecule has 2 heterocycles. The van der Waals surface area contributed by atoms with Crippen LogP contribution in [0.4, 0.5) is 5.69 Å². The third-order valence-electron chi connectivity index (χ3n) is 5.51. The monoisotopic (exact) mass is 402 g/mol. The number of anilines is 1. The maximum absolute atomic E-state index is 13.0. The Hall–Kier alpha value is -2.58. The van der Waals surface area contributed by atoms with Gasteiger partial charge in [-0.15, -0.1) is 0 Å². The number of likely N-dealkylation sites (N-methyl/N-ethyl adjacent to an activating group) is 1. The number of amides is 1. The Labute approximate surface area is 171 Å². The third-order valence-corrected chi connectivity index (χ3v) is 5.51. The summed E-state index contributed by atoms with van der Waals surface area (Å²) in [5.74, 6) is -0.00228. The van der Waals surface area contributed by atoms with Crippen LogP contribution < -0.4 is 10.1 Å². The number of ether oxygens (including phenoxy) is 2. The minimum Gasteiger partial charge on any atom is -0.497 e. The van der Waals surface area contributed by atoms with Gasteiger partial charge in [-0.1, -0.05) is 6.92 Å². The number of carbonyl (C=O) groups is 2. The highest BCUT2D eigenvalue weighted by atomic mass is 16.5. The SMILES string of the molecule is CCOC(=O)c1[nH]c2ccc(OC)cc2c1NC(=O)[C@H](C)N1CCN(CC)CC1. The molecule has 1 aliphatic heterocycles. The number of nitrogens with one attached hydrogen (secondary N) is 2. The average Bonchev–Trinajstić information content (AvgIpc) is 3.11. The number of nitrogens with zero attached hydrogens (tertiary/aromatic N) is 2. The molecule has 1 aromatic heterocycles. The summed E-state index contributed by atoms with van der Waals surface area (Å²) in [6, 6.07) is 5.11. The molecule has 8 nitrogen and oxygen atoms in total. The fourth-order valence-electron chi connectivity index (χ4n) is 3.64. The van der Waals surface area contributed by atoms with Crippen molar-refractivity contribution in [2.24, 2.45) is 0 Å². The van der Waals surface area contributed by atoms with Crippen LogP contribution in [0.1, 0.15) is 31.3 Å². The topological polar surface area (TPSA) is 86.9 Å². The lowest BCUT2D eigenvalue weighted by Crippen LogP contribution is -2.52. The molecule has 158 valence electrons. The number of benzene rings is 1. The third kappa shape index (κ3) is 4.54. The summed E-state index contributed by atoms with van der Waals surface area (Å²) >= 11 is 0. The quantitative estimate of drug-likeness (QED) is 0.691. The Morgan fingerprint density at radius 1 is 1.21 bits per heavy atom. The van der Waals surface area contributed by atoms with Crippen LogP contribution in [0.5, 0.6) is 5.75 Å². The summed E-state index contributed by atoms with van der Waals surface area (Å²) in [5.41, 5.74) is 1.40. The molecule has 1 amide bonds. The predicted molar refractivity (Wildman–Crippen MR) is 113 cm³/mol. The second-order valence-corrected chi connectivity index (χ2v) is 7.14. The van der Waals surface area contributed by atoms with E-state index in [2.05, 4.69) is 27.0 Å². The summed E-state index contributed by atoms with van der Waals surface area (Å²) in [7, 11) is 1.58. The van der Waals surface area contributed by atoms with Crippen LogP contribution in [-0.2, 0) is 9.53 Å². The Morgan fingerprint density at radius 3 is 2.55 bits per heavy atom. The van der Waals surface area contributed by atoms with E-state index in [1.807, 2.05) is 13.0 Å². The molecular weight excluding hydrogens is 372 g/mol. The molecule has 0 aliphatic carbocycles. The number of methoxy groups -OCH3 is 1. The first-order valence-electron chi connectivity index (χ1n) is 10.1. The zero-order chi connectivity index (χ0) is 21.0. The van der Waals surface area contributed by atoms with E-state index in [0.29, 0.717) is 16.8 Å². The second kappa shape index (κ2) is 9.28. The summed E-state index contributed by atoms with van der Waals surface area (Å²) < 4.78 is 10.5. The molecule has 0 radical (unpaired) electrons. The van der Waals surface area contributed by atoms with Crippen LogP contribution in [0.2, 0.25) is 0 Å². The Balaban J connectivity index is 1.86. The zero-order valence-corrected chi connectivity index (χ0v) is 17.6. The number of aromatic amines is 1. The van der Waals surface area contributed by atoms with Crippen LogP contribution in [0.25, 0.3) is 10.9 Å². The van der Waals surface area contributed by atoms with Crippen molar-refractivity contribution >= 4 is 28.5 Å². The van der Waals surface area contributed by atoms with Crippen molar-refractivity contribution in [1.29, 1.82) is 0 Å². The van der Waals surface area contributed by atoms with Crippen LogP contribution in [0.15, 0.2) is 18.2 Å². The molecule has 1 saturated heterocycles. The largest absolute Gasteiger partial charge is 0.497 e. The van der Waals surface area contributed by atoms with E-state index in [-0.39, 0.29) is 24.2 Å². The molecule has 2 aromatic rings. The van der Waals surface area contributed by atoms with Crippen molar-refractivity contribution < 1.29 is 19.1 Å². The molecule has 0 bridgehead atoms. The van der Waals surface area contributed by atoms with E-state index in [4.69, 9.17) is 9.47 Å². The molecular formula is C21H30N4O4. The van der Waals surface area contributed by atoms with Crippen LogP contribution >= 0.6 is 0 Å². The number of hydrogen-bond donors (Lipinski definition) is 2. The minimum absolute atomic E-state index is 0.149. The van der Waals surface area contributed by atoms with Gasteiger partial charge >= 0.3 is 5.97 Å². The molecule has 1 aliphatic rings. The summed E-state index contributed by atoms with van der Waals surface area (Å²) in [6.45, 7) is 10.7. The first-order valence-corrected chi connectivity index (χ1v) is 10.1. The van der Waals surface area contributed by atoms with Crippen molar-refractivity contribution in [3.05, 3.63) is 23.9 Å². The van der Waals surface area contributed by atoms with E-state index < -0.39 is 5.97 Å². The fourth-order valence-corrected chi connectivity index (χ4v) is 3.64. The van der Waals surface area contributed by atoms with Gasteiger partial charge in [-0.2, -0.15) is 0 Å². The number of rotatable bonds is 7. The lowest BCUT2D eigenvalue weighted by atomic mass is 10.1. The maximum Gasteiger partial charge on any atom is 0.356 e. The van der Waals surface area contributed by atoms with Crippen LogP contribution in [0, 0.1) is 0 Å². The minimum atomic E-state index is -0.498. The molecule has 1 fully saturated rings. The summed E-state index contributed by atoms with van der Waals surface area (Å²) in [4.78, 5) is 33.1. The molecule has 8 heteroatoms. The van der Waals surface area contributed by atoms with E-state index >= 15 is 0 Å². The smallest absolute Gasteiger partial charge is 0.356 e. The van der Waals surface area contributed by atoms with Gasteiger partial charge in [0.2, 0.25) is 5.91 Å². The molecule has 0 spiro atoms. The van der Waals surface area contributed by atoms with E-state index in [0.717, 1.165) is 38.2 Å². The van der Waals surface area contributed by atoms with Gasteiger partial charge < -0.3 is 24.7 Å². The highest BCUT2D eigenvalue weighted by Gasteiger charge is 2.28. The number of H-pyrrole nitrogens is 1. The standard InChI is InChI=1S/C21H30N4O4/c1-5-24-9-11-25(12-10-24)14(3)20(26)23-18-16-13-15(28-4)7-8-17(16)22-19(18)21(27)29-6-2/h7-8,13-14,22H,5-6,9-12H2,1-4H3,(H,23,26)/t14-/m0/s1. The van der Waals surface area contributed by atoms with Gasteiger partial charge in [-0.25, -0.2) is 4.79 Å². The number of carbonyl (C=O) groups excluding carboxylic acids is 2. The zero-order valence-electron chi connectivity index (χ0n) is 17.6. The number of aromatic nitrogens is 1. The van der Waals surface area contributed by atoms with Crippen molar-refractivity contribution in [2.45, 2.75) is 26.8 Å². The highest BCUT2D eigenvalue weighted by molar-refractivity contribution is 6.12. The molecule has 1 aromatic carbocycles. The predicted octanol–water partition coefficient (Wildman–Crippen LogP) is 2.32.